The van der Waals surface area contributed by atoms with Gasteiger partial charge in [-0.05, 0) is 34.7 Å². The van der Waals surface area contributed by atoms with Crippen molar-refractivity contribution in [2.24, 2.45) is 12.5 Å². The zero-order valence-corrected chi connectivity index (χ0v) is 12.7. The van der Waals surface area contributed by atoms with Gasteiger partial charge in [0.25, 0.3) is 0 Å². The van der Waals surface area contributed by atoms with Crippen LogP contribution in [-0.4, -0.2) is 4.57 Å². The van der Waals surface area contributed by atoms with Crippen LogP contribution in [0, 0.1) is 11.2 Å². The van der Waals surface area contributed by atoms with Gasteiger partial charge in [0.05, 0.1) is 0 Å². The fourth-order valence-corrected chi connectivity index (χ4v) is 2.46. The van der Waals surface area contributed by atoms with Gasteiger partial charge in [0, 0.05) is 32.0 Å². The highest BCUT2D eigenvalue weighted by atomic mass is 19.1. The van der Waals surface area contributed by atoms with Crippen molar-refractivity contribution in [1.82, 2.24) is 9.88 Å². The van der Waals surface area contributed by atoms with Gasteiger partial charge in [-0.15, -0.1) is 0 Å². The van der Waals surface area contributed by atoms with E-state index in [0.717, 1.165) is 12.1 Å². The Morgan fingerprint density at radius 2 is 1.80 bits per heavy atom. The third kappa shape index (κ3) is 3.70. The Kier molecular flexibility index (Phi) is 4.29. The maximum Gasteiger partial charge on any atom is 0.123 e. The van der Waals surface area contributed by atoms with Gasteiger partial charge in [-0.25, -0.2) is 4.39 Å². The van der Waals surface area contributed by atoms with E-state index in [2.05, 4.69) is 38.4 Å². The van der Waals surface area contributed by atoms with E-state index < -0.39 is 0 Å². The van der Waals surface area contributed by atoms with E-state index in [-0.39, 0.29) is 17.3 Å². The molecule has 1 N–H and O–H groups in total. The number of benzene rings is 1. The number of aryl methyl sites for hydroxylation is 1. The van der Waals surface area contributed by atoms with E-state index in [1.165, 1.54) is 17.7 Å². The molecule has 0 amide bonds. The number of hydrogen-bond acceptors (Lipinski definition) is 1. The summed E-state index contributed by atoms with van der Waals surface area (Å²) in [4.78, 5) is 0. The molecule has 0 radical (unpaired) electrons. The van der Waals surface area contributed by atoms with Gasteiger partial charge >= 0.3 is 0 Å². The van der Waals surface area contributed by atoms with Crippen molar-refractivity contribution in [3.63, 3.8) is 0 Å². The summed E-state index contributed by atoms with van der Waals surface area (Å²) in [6.07, 6.45) is 4.15. The molecule has 2 aromatic rings. The molecule has 0 aliphatic heterocycles. The van der Waals surface area contributed by atoms with E-state index in [1.54, 1.807) is 0 Å². The minimum Gasteiger partial charge on any atom is -0.357 e. The SMILES string of the molecule is Cn1ccc(CNC(c2ccc(F)cc2)C(C)(C)C)c1. The molecular formula is C17H23FN2. The Hall–Kier alpha value is -1.61. The van der Waals surface area contributed by atoms with Crippen LogP contribution >= 0.6 is 0 Å². The number of hydrogen-bond donors (Lipinski definition) is 1. The minimum atomic E-state index is -0.190. The molecule has 1 aromatic heterocycles. The number of nitrogens with zero attached hydrogens (tertiary/aromatic N) is 1. The Labute approximate surface area is 120 Å². The molecule has 1 heterocycles. The van der Waals surface area contributed by atoms with Crippen LogP contribution in [0.3, 0.4) is 0 Å². The van der Waals surface area contributed by atoms with Crippen molar-refractivity contribution < 1.29 is 4.39 Å². The predicted molar refractivity (Wildman–Crippen MR) is 80.8 cm³/mol. The Bertz CT molecular complexity index is 549. The maximum absolute atomic E-state index is 13.1. The molecule has 20 heavy (non-hydrogen) atoms. The summed E-state index contributed by atoms with van der Waals surface area (Å²) in [6.45, 7) is 7.39. The molecule has 2 nitrogen and oxygen atoms in total. The summed E-state index contributed by atoms with van der Waals surface area (Å²) in [5.41, 5.74) is 2.44. The van der Waals surface area contributed by atoms with Crippen LogP contribution in [0.5, 0.6) is 0 Å². The standard InChI is InChI=1S/C17H23FN2/c1-17(2,3)16(14-5-7-15(18)8-6-14)19-11-13-9-10-20(4)12-13/h5-10,12,16,19H,11H2,1-4H3. The molecule has 0 bridgehead atoms. The summed E-state index contributed by atoms with van der Waals surface area (Å²) in [7, 11) is 2.02. The molecule has 1 unspecified atom stereocenters. The topological polar surface area (TPSA) is 17.0 Å². The number of rotatable bonds is 4. The zero-order chi connectivity index (χ0) is 14.8. The van der Waals surface area contributed by atoms with Gasteiger partial charge < -0.3 is 9.88 Å². The van der Waals surface area contributed by atoms with Crippen molar-refractivity contribution in [2.75, 3.05) is 0 Å². The zero-order valence-electron chi connectivity index (χ0n) is 12.7. The van der Waals surface area contributed by atoms with Gasteiger partial charge in [0.2, 0.25) is 0 Å². The Morgan fingerprint density at radius 3 is 2.30 bits per heavy atom. The molecule has 0 saturated heterocycles. The van der Waals surface area contributed by atoms with E-state index >= 15 is 0 Å². The molecular weight excluding hydrogens is 251 g/mol. The lowest BCUT2D eigenvalue weighted by atomic mass is 9.82. The van der Waals surface area contributed by atoms with Gasteiger partial charge in [0.15, 0.2) is 0 Å². The first-order valence-electron chi connectivity index (χ1n) is 6.96. The second-order valence-corrected chi connectivity index (χ2v) is 6.42. The molecule has 1 atom stereocenters. The average molecular weight is 274 g/mol. The summed E-state index contributed by atoms with van der Waals surface area (Å²) < 4.78 is 15.1. The van der Waals surface area contributed by atoms with E-state index in [4.69, 9.17) is 0 Å². The highest BCUT2D eigenvalue weighted by Gasteiger charge is 2.25. The summed E-state index contributed by atoms with van der Waals surface area (Å²) in [5.74, 6) is -0.190. The summed E-state index contributed by atoms with van der Waals surface area (Å²) in [5, 5.41) is 3.59. The fraction of sp³-hybridized carbons (Fsp3) is 0.412. The van der Waals surface area contributed by atoms with Gasteiger partial charge in [0.1, 0.15) is 5.82 Å². The molecule has 0 spiro atoms. The van der Waals surface area contributed by atoms with E-state index in [1.807, 2.05) is 29.9 Å². The van der Waals surface area contributed by atoms with Crippen LogP contribution < -0.4 is 5.32 Å². The van der Waals surface area contributed by atoms with Crippen molar-refractivity contribution in [3.05, 3.63) is 59.7 Å². The quantitative estimate of drug-likeness (QED) is 0.890. The maximum atomic E-state index is 13.1. The Balaban J connectivity index is 2.14. The van der Waals surface area contributed by atoms with E-state index in [9.17, 15) is 4.39 Å². The van der Waals surface area contributed by atoms with Crippen molar-refractivity contribution in [1.29, 1.82) is 0 Å². The molecule has 0 fully saturated rings. The molecule has 108 valence electrons. The first-order valence-corrected chi connectivity index (χ1v) is 6.96. The van der Waals surface area contributed by atoms with Gasteiger partial charge in [-0.2, -0.15) is 0 Å². The molecule has 0 saturated carbocycles. The lowest BCUT2D eigenvalue weighted by Crippen LogP contribution is -2.32. The van der Waals surface area contributed by atoms with Crippen molar-refractivity contribution in [3.8, 4) is 0 Å². The third-order valence-corrected chi connectivity index (χ3v) is 3.47. The Morgan fingerprint density at radius 1 is 1.15 bits per heavy atom. The van der Waals surface area contributed by atoms with Crippen molar-refractivity contribution >= 4 is 0 Å². The largest absolute Gasteiger partial charge is 0.357 e. The van der Waals surface area contributed by atoms with Crippen LogP contribution in [-0.2, 0) is 13.6 Å². The minimum absolute atomic E-state index is 0.0621. The van der Waals surface area contributed by atoms with Crippen LogP contribution in [0.1, 0.15) is 37.9 Å². The van der Waals surface area contributed by atoms with Crippen molar-refractivity contribution in [2.45, 2.75) is 33.4 Å². The average Bonchev–Trinajstić information content (AvgIpc) is 2.76. The van der Waals surface area contributed by atoms with Crippen LogP contribution in [0.25, 0.3) is 0 Å². The molecule has 2 rings (SSSR count). The lowest BCUT2D eigenvalue weighted by Gasteiger charge is -2.32. The predicted octanol–water partition coefficient (Wildman–Crippen LogP) is 4.04. The van der Waals surface area contributed by atoms with Crippen LogP contribution in [0.2, 0.25) is 0 Å². The number of aromatic nitrogens is 1. The first-order chi connectivity index (χ1) is 9.36. The first kappa shape index (κ1) is 14.8. The summed E-state index contributed by atoms with van der Waals surface area (Å²) >= 11 is 0. The second kappa shape index (κ2) is 5.80. The van der Waals surface area contributed by atoms with E-state index in [0.29, 0.717) is 0 Å². The van der Waals surface area contributed by atoms with Crippen LogP contribution in [0.15, 0.2) is 42.7 Å². The van der Waals surface area contributed by atoms with Gasteiger partial charge in [-0.1, -0.05) is 32.9 Å². The summed E-state index contributed by atoms with van der Waals surface area (Å²) in [6, 6.07) is 9.07. The lowest BCUT2D eigenvalue weighted by molar-refractivity contribution is 0.271. The monoisotopic (exact) mass is 274 g/mol. The smallest absolute Gasteiger partial charge is 0.123 e. The highest BCUT2D eigenvalue weighted by Crippen LogP contribution is 2.33. The fourth-order valence-electron chi connectivity index (χ4n) is 2.46. The van der Waals surface area contributed by atoms with Gasteiger partial charge in [-0.3, -0.25) is 0 Å². The van der Waals surface area contributed by atoms with Crippen LogP contribution in [0.4, 0.5) is 4.39 Å². The molecule has 0 aliphatic rings. The highest BCUT2D eigenvalue weighted by molar-refractivity contribution is 5.22. The molecule has 0 aliphatic carbocycles. The third-order valence-electron chi connectivity index (χ3n) is 3.47. The number of nitrogens with one attached hydrogen (secondary N) is 1. The second-order valence-electron chi connectivity index (χ2n) is 6.42. The number of halogens is 1. The normalized spacial score (nSPS) is 13.4. The molecule has 3 heteroatoms. The molecule has 1 aromatic carbocycles.